The number of rotatable bonds is 8. The van der Waals surface area contributed by atoms with Gasteiger partial charge in [0.2, 0.25) is 0 Å². The summed E-state index contributed by atoms with van der Waals surface area (Å²) in [5, 5.41) is 18.8. The molecule has 0 radical (unpaired) electrons. The van der Waals surface area contributed by atoms with Crippen LogP contribution in [0.25, 0.3) is 0 Å². The minimum atomic E-state index is -2.26. The Balaban J connectivity index is 2.93. The first kappa shape index (κ1) is 22.5. The van der Waals surface area contributed by atoms with Crippen molar-refractivity contribution in [2.75, 3.05) is 6.54 Å². The van der Waals surface area contributed by atoms with Crippen molar-refractivity contribution >= 4 is 14.5 Å². The number of hydroxylamine groups is 1. The van der Waals surface area contributed by atoms with E-state index in [4.69, 9.17) is 9.53 Å². The third-order valence-corrected chi connectivity index (χ3v) is 9.08. The molecule has 0 bridgehead atoms. The average Bonchev–Trinajstić information content (AvgIpc) is 2.47. The van der Waals surface area contributed by atoms with E-state index in [2.05, 4.69) is 10.3 Å². The van der Waals surface area contributed by atoms with Crippen molar-refractivity contribution in [2.24, 2.45) is 0 Å². The highest BCUT2D eigenvalue weighted by Crippen LogP contribution is 2.38. The van der Waals surface area contributed by atoms with E-state index < -0.39 is 38.3 Å². The van der Waals surface area contributed by atoms with Crippen molar-refractivity contribution < 1.29 is 33.1 Å². The fourth-order valence-corrected chi connectivity index (χ4v) is 3.48. The molecule has 0 aliphatic rings. The molecule has 0 aromatic heterocycles. The van der Waals surface area contributed by atoms with Gasteiger partial charge in [0.1, 0.15) is 11.6 Å². The molecule has 0 amide bonds. The minimum absolute atomic E-state index is 0.0349. The normalized spacial score (nSPS) is 14.8. The monoisotopic (exact) mass is 391 g/mol. The number of aliphatic hydroxyl groups is 1. The highest BCUT2D eigenvalue weighted by molar-refractivity contribution is 6.74. The summed E-state index contributed by atoms with van der Waals surface area (Å²) in [6.45, 7) is 10.0. The van der Waals surface area contributed by atoms with E-state index in [1.54, 1.807) is 0 Å². The maximum absolute atomic E-state index is 13.9. The summed E-state index contributed by atoms with van der Waals surface area (Å²) in [5.74, 6) is -1.38. The molecule has 1 aromatic carbocycles. The summed E-state index contributed by atoms with van der Waals surface area (Å²) in [7, 11) is -2.26. The zero-order chi connectivity index (χ0) is 20.1. The molecule has 0 aliphatic carbocycles. The van der Waals surface area contributed by atoms with Gasteiger partial charge in [-0.05, 0) is 36.3 Å². The predicted octanol–water partition coefficient (Wildman–Crippen LogP) is 3.98. The lowest BCUT2D eigenvalue weighted by molar-refractivity contribution is 0.0161. The van der Waals surface area contributed by atoms with E-state index in [1.165, 1.54) is 0 Å². The lowest BCUT2D eigenvalue weighted by atomic mass is 10.0. The van der Waals surface area contributed by atoms with Crippen molar-refractivity contribution in [3.05, 3.63) is 35.4 Å². The van der Waals surface area contributed by atoms with Crippen LogP contribution in [0.2, 0.25) is 18.1 Å². The number of nitrogens with one attached hydrogen (secondary N) is 1. The Morgan fingerprint density at radius 1 is 1.31 bits per heavy atom. The van der Waals surface area contributed by atoms with Crippen LogP contribution in [-0.4, -0.2) is 37.3 Å². The number of benzene rings is 1. The Hall–Kier alpha value is -1.55. The molecule has 0 aliphatic heterocycles. The van der Waals surface area contributed by atoms with Gasteiger partial charge in [0.25, 0.3) is 0 Å². The van der Waals surface area contributed by atoms with Gasteiger partial charge in [-0.2, -0.15) is 0 Å². The number of aliphatic hydroxyl groups excluding tert-OH is 1. The van der Waals surface area contributed by atoms with Gasteiger partial charge in [-0.15, -0.1) is 5.48 Å². The van der Waals surface area contributed by atoms with Crippen LogP contribution in [0.1, 0.15) is 38.9 Å². The van der Waals surface area contributed by atoms with Gasteiger partial charge >= 0.3 is 6.16 Å². The standard InChI is InChI=1S/C17H27F2NO5Si/c1-17(2,3)26(4,5)25-12(10-20-24-16(22)23)9-15(21)13-8-11(18)6-7-14(13)19/h6-8,12,15,20-21H,9-10H2,1-5H3,(H,22,23)/t12-,15?/m1/s1. The van der Waals surface area contributed by atoms with E-state index in [0.717, 1.165) is 18.2 Å². The molecule has 2 atom stereocenters. The topological polar surface area (TPSA) is 88.0 Å². The van der Waals surface area contributed by atoms with Crippen LogP contribution in [0.4, 0.5) is 13.6 Å². The molecule has 6 nitrogen and oxygen atoms in total. The van der Waals surface area contributed by atoms with Crippen LogP contribution < -0.4 is 5.48 Å². The van der Waals surface area contributed by atoms with Crippen LogP contribution in [-0.2, 0) is 9.26 Å². The van der Waals surface area contributed by atoms with Crippen LogP contribution in [0.15, 0.2) is 18.2 Å². The van der Waals surface area contributed by atoms with Crippen molar-refractivity contribution in [2.45, 2.75) is 57.5 Å². The molecule has 1 aromatic rings. The second-order valence-corrected chi connectivity index (χ2v) is 12.4. The number of carbonyl (C=O) groups is 1. The second-order valence-electron chi connectivity index (χ2n) is 7.63. The minimum Gasteiger partial charge on any atom is -0.448 e. The third-order valence-electron chi connectivity index (χ3n) is 4.54. The molecule has 0 fully saturated rings. The molecule has 0 spiro atoms. The van der Waals surface area contributed by atoms with E-state index in [1.807, 2.05) is 33.9 Å². The summed E-state index contributed by atoms with van der Waals surface area (Å²) < 4.78 is 33.4. The van der Waals surface area contributed by atoms with Gasteiger partial charge in [-0.1, -0.05) is 20.8 Å². The summed E-state index contributed by atoms with van der Waals surface area (Å²) >= 11 is 0. The molecule has 148 valence electrons. The summed E-state index contributed by atoms with van der Waals surface area (Å²) in [5.41, 5.74) is 2.09. The zero-order valence-electron chi connectivity index (χ0n) is 15.7. The zero-order valence-corrected chi connectivity index (χ0v) is 16.7. The number of hydrogen-bond acceptors (Lipinski definition) is 5. The van der Waals surface area contributed by atoms with Gasteiger partial charge in [0.15, 0.2) is 8.32 Å². The van der Waals surface area contributed by atoms with Gasteiger partial charge in [0.05, 0.1) is 18.8 Å². The molecule has 3 N–H and O–H groups in total. The fraction of sp³-hybridized carbons (Fsp3) is 0.588. The van der Waals surface area contributed by atoms with E-state index in [-0.39, 0.29) is 23.6 Å². The first-order valence-electron chi connectivity index (χ1n) is 8.27. The van der Waals surface area contributed by atoms with Crippen molar-refractivity contribution in [1.29, 1.82) is 0 Å². The lowest BCUT2D eigenvalue weighted by Gasteiger charge is -2.39. The molecular formula is C17H27F2NO5Si. The Morgan fingerprint density at radius 3 is 2.46 bits per heavy atom. The molecule has 0 saturated heterocycles. The second kappa shape index (κ2) is 8.89. The van der Waals surface area contributed by atoms with Crippen LogP contribution in [0.5, 0.6) is 0 Å². The van der Waals surface area contributed by atoms with Gasteiger partial charge in [-0.3, -0.25) is 0 Å². The Bertz CT molecular complexity index is 622. The quantitative estimate of drug-likeness (QED) is 0.459. The smallest absolute Gasteiger partial charge is 0.448 e. The Morgan fingerprint density at radius 2 is 1.92 bits per heavy atom. The molecule has 1 unspecified atom stereocenters. The Labute approximate surface area is 153 Å². The number of carboxylic acid groups (broad SMARTS) is 1. The molecule has 0 saturated carbocycles. The van der Waals surface area contributed by atoms with E-state index in [0.29, 0.717) is 0 Å². The fourth-order valence-electron chi connectivity index (χ4n) is 2.11. The molecule has 9 heteroatoms. The summed E-state index contributed by atoms with van der Waals surface area (Å²) in [6.07, 6.45) is -3.53. The average molecular weight is 391 g/mol. The highest BCUT2D eigenvalue weighted by Gasteiger charge is 2.39. The van der Waals surface area contributed by atoms with Gasteiger partial charge in [-0.25, -0.2) is 13.6 Å². The number of hydrogen-bond donors (Lipinski definition) is 3. The first-order valence-corrected chi connectivity index (χ1v) is 11.2. The first-order chi connectivity index (χ1) is 11.8. The molecule has 1 rings (SSSR count). The maximum Gasteiger partial charge on any atom is 0.525 e. The summed E-state index contributed by atoms with van der Waals surface area (Å²) in [6, 6.07) is 2.85. The lowest BCUT2D eigenvalue weighted by Crippen LogP contribution is -2.47. The third kappa shape index (κ3) is 6.64. The van der Waals surface area contributed by atoms with Crippen LogP contribution in [0, 0.1) is 11.6 Å². The van der Waals surface area contributed by atoms with Gasteiger partial charge < -0.3 is 19.5 Å². The molecule has 0 heterocycles. The summed E-state index contributed by atoms with van der Waals surface area (Å²) in [4.78, 5) is 14.8. The maximum atomic E-state index is 13.9. The van der Waals surface area contributed by atoms with Crippen molar-refractivity contribution in [1.82, 2.24) is 5.48 Å². The SMILES string of the molecule is CC(C)(C)[Si](C)(C)O[C@@H](CNOC(=O)O)CC(O)c1cc(F)ccc1F. The van der Waals surface area contributed by atoms with Crippen LogP contribution >= 0.6 is 0 Å². The molecule has 26 heavy (non-hydrogen) atoms. The van der Waals surface area contributed by atoms with Crippen molar-refractivity contribution in [3.8, 4) is 0 Å². The molecular weight excluding hydrogens is 364 g/mol. The van der Waals surface area contributed by atoms with E-state index >= 15 is 0 Å². The van der Waals surface area contributed by atoms with Crippen molar-refractivity contribution in [3.63, 3.8) is 0 Å². The van der Waals surface area contributed by atoms with E-state index in [9.17, 15) is 18.7 Å². The highest BCUT2D eigenvalue weighted by atomic mass is 28.4. The largest absolute Gasteiger partial charge is 0.525 e. The Kier molecular flexibility index (Phi) is 7.69. The van der Waals surface area contributed by atoms with Gasteiger partial charge in [0, 0.05) is 12.0 Å². The number of halogens is 2. The van der Waals surface area contributed by atoms with Crippen LogP contribution in [0.3, 0.4) is 0 Å². The predicted molar refractivity (Wildman–Crippen MR) is 95.1 cm³/mol.